The molecule has 1 N–H and O–H groups in total. The van der Waals surface area contributed by atoms with E-state index >= 15 is 4.39 Å². The molecule has 0 bridgehead atoms. The van der Waals surface area contributed by atoms with Crippen LogP contribution >= 0.6 is 0 Å². The Kier molecular flexibility index (Phi) is 6.42. The van der Waals surface area contributed by atoms with E-state index in [0.29, 0.717) is 51.9 Å². The predicted molar refractivity (Wildman–Crippen MR) is 146 cm³/mol. The van der Waals surface area contributed by atoms with Crippen LogP contribution in [0.3, 0.4) is 0 Å². The summed E-state index contributed by atoms with van der Waals surface area (Å²) in [6, 6.07) is 15.6. The molecule has 6 rings (SSSR count). The van der Waals surface area contributed by atoms with Gasteiger partial charge >= 0.3 is 0 Å². The highest BCUT2D eigenvalue weighted by molar-refractivity contribution is 5.87. The Bertz CT molecular complexity index is 1650. The van der Waals surface area contributed by atoms with Gasteiger partial charge in [0.05, 0.1) is 24.6 Å². The minimum Gasteiger partial charge on any atom is -0.493 e. The number of H-pyrrole nitrogens is 1. The van der Waals surface area contributed by atoms with Crippen LogP contribution in [0.25, 0.3) is 21.8 Å². The lowest BCUT2D eigenvalue weighted by Gasteiger charge is -2.42. The number of aromatic nitrogens is 3. The van der Waals surface area contributed by atoms with Gasteiger partial charge in [-0.05, 0) is 74.2 Å². The molecule has 5 aromatic rings. The number of aromatic amines is 1. The Balaban J connectivity index is 1.16. The molecule has 9 heteroatoms. The van der Waals surface area contributed by atoms with Crippen molar-refractivity contribution < 1.29 is 23.0 Å². The minimum atomic E-state index is -0.459. The van der Waals surface area contributed by atoms with Crippen molar-refractivity contribution in [3.63, 3.8) is 0 Å². The van der Waals surface area contributed by atoms with Gasteiger partial charge in [0, 0.05) is 41.4 Å². The predicted octanol–water partition coefficient (Wildman–Crippen LogP) is 6.79. The molecule has 200 valence electrons. The Morgan fingerprint density at radius 1 is 0.949 bits per heavy atom. The van der Waals surface area contributed by atoms with Gasteiger partial charge in [0.2, 0.25) is 5.88 Å². The van der Waals surface area contributed by atoms with Gasteiger partial charge in [-0.2, -0.15) is 0 Å². The summed E-state index contributed by atoms with van der Waals surface area (Å²) in [5.74, 6) is 1.07. The number of hydrogen-bond acceptors (Lipinski definition) is 6. The van der Waals surface area contributed by atoms with Gasteiger partial charge in [-0.3, -0.25) is 0 Å². The van der Waals surface area contributed by atoms with Crippen molar-refractivity contribution in [3.05, 3.63) is 78.3 Å². The summed E-state index contributed by atoms with van der Waals surface area (Å²) >= 11 is 0. The van der Waals surface area contributed by atoms with E-state index in [0.717, 1.165) is 24.2 Å². The molecular weight excluding hydrogens is 502 g/mol. The summed E-state index contributed by atoms with van der Waals surface area (Å²) in [5.41, 5.74) is 3.16. The van der Waals surface area contributed by atoms with Crippen LogP contribution in [0, 0.1) is 24.5 Å². The smallest absolute Gasteiger partial charge is 0.230 e. The first-order valence-corrected chi connectivity index (χ1v) is 12.8. The minimum absolute atomic E-state index is 0.0749. The number of aryl methyl sites for hydroxylation is 1. The summed E-state index contributed by atoms with van der Waals surface area (Å²) in [7, 11) is 3.60. The molecule has 0 saturated heterocycles. The summed E-state index contributed by atoms with van der Waals surface area (Å²) in [6.45, 7) is 2.41. The quantitative estimate of drug-likeness (QED) is 0.238. The molecule has 0 atom stereocenters. The molecule has 0 unspecified atom stereocenters. The van der Waals surface area contributed by atoms with Crippen LogP contribution in [-0.2, 0) is 0 Å². The second kappa shape index (κ2) is 10.1. The number of nitrogens with one attached hydrogen (secondary N) is 1. The highest BCUT2D eigenvalue weighted by Gasteiger charge is 2.33. The Morgan fingerprint density at radius 2 is 1.74 bits per heavy atom. The van der Waals surface area contributed by atoms with Crippen molar-refractivity contribution in [2.75, 3.05) is 25.7 Å². The van der Waals surface area contributed by atoms with Crippen LogP contribution in [0.2, 0.25) is 0 Å². The fourth-order valence-electron chi connectivity index (χ4n) is 5.11. The highest BCUT2D eigenvalue weighted by atomic mass is 19.1. The van der Waals surface area contributed by atoms with Crippen molar-refractivity contribution in [2.24, 2.45) is 5.92 Å². The van der Waals surface area contributed by atoms with Crippen molar-refractivity contribution in [1.82, 2.24) is 15.0 Å². The molecule has 0 aliphatic heterocycles. The van der Waals surface area contributed by atoms with Crippen LogP contribution in [0.4, 0.5) is 14.5 Å². The fraction of sp³-hybridized carbons (Fsp3) is 0.267. The third-order valence-corrected chi connectivity index (χ3v) is 7.39. The van der Waals surface area contributed by atoms with Crippen LogP contribution in [0.5, 0.6) is 23.1 Å². The largest absolute Gasteiger partial charge is 0.493 e. The number of hydrogen-bond donors (Lipinski definition) is 1. The van der Waals surface area contributed by atoms with E-state index in [-0.39, 0.29) is 17.4 Å². The molecule has 39 heavy (non-hydrogen) atoms. The maximum atomic E-state index is 15.1. The van der Waals surface area contributed by atoms with E-state index in [1.54, 1.807) is 49.6 Å². The Morgan fingerprint density at radius 3 is 2.51 bits per heavy atom. The normalized spacial score (nSPS) is 16.7. The molecule has 0 amide bonds. The molecule has 1 saturated carbocycles. The third-order valence-electron chi connectivity index (χ3n) is 7.39. The molecule has 1 aliphatic rings. The van der Waals surface area contributed by atoms with Crippen molar-refractivity contribution in [3.8, 4) is 23.1 Å². The van der Waals surface area contributed by atoms with Crippen LogP contribution in [0.15, 0.2) is 60.9 Å². The molecular formula is C30H28F2N4O3. The molecule has 1 aliphatic carbocycles. The molecule has 3 aromatic carbocycles. The first kappa shape index (κ1) is 24.9. The average Bonchev–Trinajstić information content (AvgIpc) is 3.30. The number of methoxy groups -OCH3 is 1. The second-order valence-electron chi connectivity index (χ2n) is 9.98. The van der Waals surface area contributed by atoms with Gasteiger partial charge in [0.25, 0.3) is 0 Å². The molecule has 0 spiro atoms. The van der Waals surface area contributed by atoms with Gasteiger partial charge in [-0.1, -0.05) is 0 Å². The zero-order chi connectivity index (χ0) is 27.1. The van der Waals surface area contributed by atoms with E-state index in [9.17, 15) is 4.39 Å². The lowest BCUT2D eigenvalue weighted by atomic mass is 9.80. The number of rotatable bonds is 8. The maximum Gasteiger partial charge on any atom is 0.230 e. The molecule has 1 fully saturated rings. The SMILES string of the molecule is COc1cc2c(Oc3ccc4[nH]c(C)cc4c3F)ncnc2cc1OCC1CC(N(C)c2ccc(F)cc2)C1. The van der Waals surface area contributed by atoms with Crippen LogP contribution in [0.1, 0.15) is 18.5 Å². The Labute approximate surface area is 224 Å². The van der Waals surface area contributed by atoms with Crippen molar-refractivity contribution in [2.45, 2.75) is 25.8 Å². The van der Waals surface area contributed by atoms with Gasteiger partial charge in [-0.15, -0.1) is 0 Å². The molecule has 2 heterocycles. The molecule has 7 nitrogen and oxygen atoms in total. The van der Waals surface area contributed by atoms with Crippen LogP contribution in [-0.4, -0.2) is 41.8 Å². The van der Waals surface area contributed by atoms with E-state index in [4.69, 9.17) is 14.2 Å². The number of nitrogens with zero attached hydrogens (tertiary/aromatic N) is 3. The van der Waals surface area contributed by atoms with Gasteiger partial charge in [0.15, 0.2) is 23.1 Å². The van der Waals surface area contributed by atoms with E-state index in [2.05, 4.69) is 19.9 Å². The van der Waals surface area contributed by atoms with Crippen LogP contribution < -0.4 is 19.1 Å². The number of benzene rings is 3. The zero-order valence-electron chi connectivity index (χ0n) is 21.9. The maximum absolute atomic E-state index is 15.1. The standard InChI is InChI=1S/C30H28F2N4O3/c1-17-10-22-24(35-17)8-9-26(29(22)32)39-30-23-13-27(37-3)28(14-25(23)33-16-34-30)38-15-18-11-21(12-18)36(2)20-6-4-19(31)5-7-20/h4-10,13-14,16,18,21,35H,11-12,15H2,1-3H3. The zero-order valence-corrected chi connectivity index (χ0v) is 21.9. The first-order valence-electron chi connectivity index (χ1n) is 12.8. The van der Waals surface area contributed by atoms with Gasteiger partial charge in [-0.25, -0.2) is 18.7 Å². The molecule has 0 radical (unpaired) electrons. The highest BCUT2D eigenvalue weighted by Crippen LogP contribution is 2.39. The summed E-state index contributed by atoms with van der Waals surface area (Å²) in [4.78, 5) is 13.9. The number of anilines is 1. The van der Waals surface area contributed by atoms with E-state index < -0.39 is 5.82 Å². The fourth-order valence-corrected chi connectivity index (χ4v) is 5.11. The van der Waals surface area contributed by atoms with E-state index in [1.165, 1.54) is 18.5 Å². The number of halogens is 2. The lowest BCUT2D eigenvalue weighted by molar-refractivity contribution is 0.154. The summed E-state index contributed by atoms with van der Waals surface area (Å²) in [5, 5.41) is 1.04. The number of fused-ring (bicyclic) bond motifs is 2. The van der Waals surface area contributed by atoms with E-state index in [1.807, 2.05) is 14.0 Å². The topological polar surface area (TPSA) is 72.5 Å². The van der Waals surface area contributed by atoms with Crippen molar-refractivity contribution in [1.29, 1.82) is 0 Å². The number of ether oxygens (including phenoxy) is 3. The summed E-state index contributed by atoms with van der Waals surface area (Å²) < 4.78 is 46.1. The second-order valence-corrected chi connectivity index (χ2v) is 9.98. The van der Waals surface area contributed by atoms with Gasteiger partial charge < -0.3 is 24.1 Å². The monoisotopic (exact) mass is 530 g/mol. The average molecular weight is 531 g/mol. The summed E-state index contributed by atoms with van der Waals surface area (Å²) in [6.07, 6.45) is 3.33. The Hall–Kier alpha value is -4.40. The molecule has 2 aromatic heterocycles. The first-order chi connectivity index (χ1) is 18.9. The lowest BCUT2D eigenvalue weighted by Crippen LogP contribution is -2.44. The van der Waals surface area contributed by atoms with Gasteiger partial charge in [0.1, 0.15) is 12.1 Å². The van der Waals surface area contributed by atoms with Crippen molar-refractivity contribution >= 4 is 27.5 Å². The third kappa shape index (κ3) is 4.80.